The molecule has 6 heteroatoms. The predicted molar refractivity (Wildman–Crippen MR) is 88.1 cm³/mol. The van der Waals surface area contributed by atoms with Gasteiger partial charge in [-0.1, -0.05) is 13.8 Å². The molecule has 1 amide bonds. The molecule has 0 radical (unpaired) electrons. The van der Waals surface area contributed by atoms with Crippen LogP contribution in [0.25, 0.3) is 0 Å². The van der Waals surface area contributed by atoms with Crippen molar-refractivity contribution in [3.8, 4) is 6.07 Å². The Kier molecular flexibility index (Phi) is 6.52. The quantitative estimate of drug-likeness (QED) is 0.704. The van der Waals surface area contributed by atoms with Gasteiger partial charge in [-0.15, -0.1) is 0 Å². The first-order chi connectivity index (χ1) is 10.7. The van der Waals surface area contributed by atoms with Crippen LogP contribution in [-0.4, -0.2) is 29.1 Å². The summed E-state index contributed by atoms with van der Waals surface area (Å²) in [5.41, 5.74) is 1.74. The molecule has 0 spiro atoms. The summed E-state index contributed by atoms with van der Waals surface area (Å²) in [5.74, 6) is -0.0838. The largest absolute Gasteiger partial charge is 0.396 e. The Bertz CT molecular complexity index is 669. The molecule has 0 saturated carbocycles. The van der Waals surface area contributed by atoms with Crippen LogP contribution in [-0.2, 0) is 11.2 Å². The maximum Gasteiger partial charge on any atom is 0.266 e. The molecule has 1 heterocycles. The minimum absolute atomic E-state index is 0.0838. The van der Waals surface area contributed by atoms with Crippen molar-refractivity contribution in [1.82, 2.24) is 10.3 Å². The van der Waals surface area contributed by atoms with Gasteiger partial charge in [0.25, 0.3) is 5.56 Å². The Morgan fingerprint density at radius 1 is 1.39 bits per heavy atom. The van der Waals surface area contributed by atoms with E-state index in [1.165, 1.54) is 0 Å². The lowest BCUT2D eigenvalue weighted by atomic mass is 9.89. The molecule has 0 fully saturated rings. The number of hydrogen-bond acceptors (Lipinski definition) is 4. The molecular weight excluding hydrogens is 294 g/mol. The third-order valence-corrected chi connectivity index (χ3v) is 4.07. The van der Waals surface area contributed by atoms with Gasteiger partial charge < -0.3 is 15.4 Å². The molecule has 0 aliphatic heterocycles. The molecule has 0 saturated heterocycles. The third kappa shape index (κ3) is 5.22. The lowest BCUT2D eigenvalue weighted by Crippen LogP contribution is -2.34. The number of nitrogens with zero attached hydrogens (tertiary/aromatic N) is 1. The zero-order chi connectivity index (χ0) is 17.6. The van der Waals surface area contributed by atoms with Crippen LogP contribution < -0.4 is 10.9 Å². The number of amides is 1. The Hall–Kier alpha value is -2.13. The van der Waals surface area contributed by atoms with Crippen LogP contribution >= 0.6 is 0 Å². The predicted octanol–water partition coefficient (Wildman–Crippen LogP) is 1.32. The highest BCUT2D eigenvalue weighted by atomic mass is 16.3. The van der Waals surface area contributed by atoms with Crippen LogP contribution in [0.5, 0.6) is 0 Å². The van der Waals surface area contributed by atoms with Gasteiger partial charge in [-0.25, -0.2) is 0 Å². The van der Waals surface area contributed by atoms with E-state index in [-0.39, 0.29) is 35.5 Å². The molecule has 1 rings (SSSR count). The Labute approximate surface area is 136 Å². The Morgan fingerprint density at radius 3 is 2.61 bits per heavy atom. The monoisotopic (exact) mass is 319 g/mol. The summed E-state index contributed by atoms with van der Waals surface area (Å²) in [4.78, 5) is 26.3. The lowest BCUT2D eigenvalue weighted by Gasteiger charge is -2.23. The van der Waals surface area contributed by atoms with Crippen molar-refractivity contribution >= 4 is 5.91 Å². The standard InChI is InChI=1S/C17H25N3O3/c1-11-13(12(2)20-16(23)14(11)9-18)5-6-15(22)19-10-17(3,4)7-8-21/h21H,5-8,10H2,1-4H3,(H,19,22)(H,20,23). The van der Waals surface area contributed by atoms with E-state index in [4.69, 9.17) is 10.4 Å². The third-order valence-electron chi connectivity index (χ3n) is 4.07. The first-order valence-electron chi connectivity index (χ1n) is 7.72. The zero-order valence-corrected chi connectivity index (χ0v) is 14.2. The number of aliphatic hydroxyl groups is 1. The summed E-state index contributed by atoms with van der Waals surface area (Å²) in [6.45, 7) is 8.07. The van der Waals surface area contributed by atoms with Gasteiger partial charge in [0.05, 0.1) is 0 Å². The first-order valence-corrected chi connectivity index (χ1v) is 7.72. The maximum atomic E-state index is 12.0. The van der Waals surface area contributed by atoms with E-state index in [0.717, 1.165) is 5.56 Å². The van der Waals surface area contributed by atoms with Crippen molar-refractivity contribution in [2.45, 2.75) is 47.0 Å². The molecule has 1 aromatic rings. The minimum atomic E-state index is -0.388. The van der Waals surface area contributed by atoms with Crippen LogP contribution in [0.2, 0.25) is 0 Å². The second kappa shape index (κ2) is 7.93. The van der Waals surface area contributed by atoms with E-state index >= 15 is 0 Å². The van der Waals surface area contributed by atoms with Crippen molar-refractivity contribution in [1.29, 1.82) is 5.26 Å². The normalized spacial score (nSPS) is 11.1. The van der Waals surface area contributed by atoms with E-state index in [0.29, 0.717) is 30.6 Å². The van der Waals surface area contributed by atoms with Crippen LogP contribution in [0.1, 0.15) is 49.1 Å². The number of H-pyrrole nitrogens is 1. The smallest absolute Gasteiger partial charge is 0.266 e. The van der Waals surface area contributed by atoms with Gasteiger partial charge in [-0.3, -0.25) is 9.59 Å². The number of hydrogen-bond donors (Lipinski definition) is 3. The number of aromatic amines is 1. The summed E-state index contributed by atoms with van der Waals surface area (Å²) in [6.07, 6.45) is 1.38. The topological polar surface area (TPSA) is 106 Å². The molecule has 0 aromatic carbocycles. The second-order valence-corrected chi connectivity index (χ2v) is 6.58. The van der Waals surface area contributed by atoms with Crippen molar-refractivity contribution in [3.63, 3.8) is 0 Å². The van der Waals surface area contributed by atoms with Crippen molar-refractivity contribution in [2.75, 3.05) is 13.2 Å². The fourth-order valence-electron chi connectivity index (χ4n) is 2.48. The van der Waals surface area contributed by atoms with Gasteiger partial charge in [0, 0.05) is 25.3 Å². The van der Waals surface area contributed by atoms with E-state index < -0.39 is 0 Å². The molecular formula is C17H25N3O3. The number of carbonyl (C=O) groups excluding carboxylic acids is 1. The first kappa shape index (κ1) is 18.9. The molecule has 0 aliphatic carbocycles. The van der Waals surface area contributed by atoms with Gasteiger partial charge in [0.1, 0.15) is 11.6 Å². The van der Waals surface area contributed by atoms with Crippen LogP contribution in [0, 0.1) is 30.6 Å². The average molecular weight is 319 g/mol. The lowest BCUT2D eigenvalue weighted by molar-refractivity contribution is -0.121. The average Bonchev–Trinajstić information content (AvgIpc) is 2.45. The summed E-state index contributed by atoms with van der Waals surface area (Å²) in [5, 5.41) is 20.9. The Balaban J connectivity index is 2.71. The molecule has 0 atom stereocenters. The molecule has 3 N–H and O–H groups in total. The number of aromatic nitrogens is 1. The fourth-order valence-corrected chi connectivity index (χ4v) is 2.48. The molecule has 0 aliphatic rings. The van der Waals surface area contributed by atoms with Crippen LogP contribution in [0.15, 0.2) is 4.79 Å². The fraction of sp³-hybridized carbons (Fsp3) is 0.588. The summed E-state index contributed by atoms with van der Waals surface area (Å²) in [6, 6.07) is 1.91. The number of aryl methyl sites for hydroxylation is 1. The summed E-state index contributed by atoms with van der Waals surface area (Å²) < 4.78 is 0. The number of aliphatic hydroxyl groups excluding tert-OH is 1. The SMILES string of the molecule is Cc1[nH]c(=O)c(C#N)c(C)c1CCC(=O)NCC(C)(C)CCO. The highest BCUT2D eigenvalue weighted by Gasteiger charge is 2.18. The van der Waals surface area contributed by atoms with Crippen molar-refractivity contribution in [3.05, 3.63) is 32.7 Å². The molecule has 6 nitrogen and oxygen atoms in total. The zero-order valence-electron chi connectivity index (χ0n) is 14.2. The molecule has 1 aromatic heterocycles. The van der Waals surface area contributed by atoms with Gasteiger partial charge in [-0.2, -0.15) is 5.26 Å². The van der Waals surface area contributed by atoms with Gasteiger partial charge in [-0.05, 0) is 43.2 Å². The van der Waals surface area contributed by atoms with Gasteiger partial charge >= 0.3 is 0 Å². The summed E-state index contributed by atoms with van der Waals surface area (Å²) >= 11 is 0. The van der Waals surface area contributed by atoms with Crippen LogP contribution in [0.4, 0.5) is 0 Å². The second-order valence-electron chi connectivity index (χ2n) is 6.58. The van der Waals surface area contributed by atoms with E-state index in [1.54, 1.807) is 13.8 Å². The van der Waals surface area contributed by atoms with Gasteiger partial charge in [0.2, 0.25) is 5.91 Å². The summed E-state index contributed by atoms with van der Waals surface area (Å²) in [7, 11) is 0. The number of nitrogens with one attached hydrogen (secondary N) is 2. The number of pyridine rings is 1. The van der Waals surface area contributed by atoms with Crippen molar-refractivity contribution < 1.29 is 9.90 Å². The van der Waals surface area contributed by atoms with Gasteiger partial charge in [0.15, 0.2) is 0 Å². The van der Waals surface area contributed by atoms with Crippen LogP contribution in [0.3, 0.4) is 0 Å². The molecule has 0 bridgehead atoms. The number of carbonyl (C=O) groups is 1. The molecule has 126 valence electrons. The molecule has 0 unspecified atom stereocenters. The van der Waals surface area contributed by atoms with E-state index in [1.807, 2.05) is 19.9 Å². The number of rotatable bonds is 7. The van der Waals surface area contributed by atoms with Crippen molar-refractivity contribution in [2.24, 2.45) is 5.41 Å². The minimum Gasteiger partial charge on any atom is -0.396 e. The maximum absolute atomic E-state index is 12.0. The number of nitriles is 1. The highest BCUT2D eigenvalue weighted by Crippen LogP contribution is 2.18. The highest BCUT2D eigenvalue weighted by molar-refractivity contribution is 5.76. The van der Waals surface area contributed by atoms with E-state index in [9.17, 15) is 9.59 Å². The Morgan fingerprint density at radius 2 is 2.04 bits per heavy atom. The van der Waals surface area contributed by atoms with E-state index in [2.05, 4.69) is 10.3 Å². The molecule has 23 heavy (non-hydrogen) atoms.